The van der Waals surface area contributed by atoms with Gasteiger partial charge in [-0.05, 0) is 44.0 Å². The highest BCUT2D eigenvalue weighted by molar-refractivity contribution is 5.88. The van der Waals surface area contributed by atoms with Gasteiger partial charge in [0.2, 0.25) is 5.89 Å². The molecule has 1 aromatic carbocycles. The van der Waals surface area contributed by atoms with Crippen molar-refractivity contribution in [3.05, 3.63) is 34.7 Å². The molecule has 5 nitrogen and oxygen atoms in total. The molecule has 1 N–H and O–H groups in total. The van der Waals surface area contributed by atoms with Gasteiger partial charge in [-0.3, -0.25) is 0 Å². The Morgan fingerprint density at radius 2 is 1.84 bits per heavy atom. The lowest BCUT2D eigenvalue weighted by molar-refractivity contribution is 0.0593. The molecule has 0 amide bonds. The number of aromatic hydroxyl groups is 1. The number of rotatable bonds is 2. The van der Waals surface area contributed by atoms with Crippen LogP contribution in [0.1, 0.15) is 27.4 Å². The summed E-state index contributed by atoms with van der Waals surface area (Å²) in [6, 6.07) is 3.52. The first-order valence-corrected chi connectivity index (χ1v) is 5.80. The number of phenols is 1. The van der Waals surface area contributed by atoms with Gasteiger partial charge in [0.1, 0.15) is 11.5 Å². The molecule has 0 saturated heterocycles. The van der Waals surface area contributed by atoms with Crippen LogP contribution in [0.25, 0.3) is 11.5 Å². The molecule has 0 unspecified atom stereocenters. The molecule has 19 heavy (non-hydrogen) atoms. The van der Waals surface area contributed by atoms with E-state index >= 15 is 0 Å². The van der Waals surface area contributed by atoms with Crippen LogP contribution < -0.4 is 0 Å². The summed E-state index contributed by atoms with van der Waals surface area (Å²) in [5.74, 6) is 0.467. The minimum atomic E-state index is -0.528. The quantitative estimate of drug-likeness (QED) is 0.841. The summed E-state index contributed by atoms with van der Waals surface area (Å²) in [6.07, 6.45) is 0. The van der Waals surface area contributed by atoms with E-state index in [1.165, 1.54) is 7.11 Å². The number of nitrogens with zero attached hydrogens (tertiary/aromatic N) is 1. The number of carbonyl (C=O) groups is 1. The summed E-state index contributed by atoms with van der Waals surface area (Å²) in [6.45, 7) is 5.24. The molecule has 0 atom stereocenters. The highest BCUT2D eigenvalue weighted by Gasteiger charge is 2.19. The topological polar surface area (TPSA) is 72.6 Å². The number of hydrogen-bond acceptors (Lipinski definition) is 5. The summed E-state index contributed by atoms with van der Waals surface area (Å²) in [4.78, 5) is 15.6. The monoisotopic (exact) mass is 261 g/mol. The van der Waals surface area contributed by atoms with Crippen molar-refractivity contribution in [2.24, 2.45) is 0 Å². The summed E-state index contributed by atoms with van der Waals surface area (Å²) in [7, 11) is 1.30. The molecule has 100 valence electrons. The van der Waals surface area contributed by atoms with Gasteiger partial charge >= 0.3 is 5.97 Å². The lowest BCUT2D eigenvalue weighted by atomic mass is 10.1. The number of methoxy groups -OCH3 is 1. The summed E-state index contributed by atoms with van der Waals surface area (Å²) < 4.78 is 10.1. The number of oxazole rings is 1. The van der Waals surface area contributed by atoms with Crippen LogP contribution in [0, 0.1) is 20.8 Å². The molecular weight excluding hydrogens is 246 g/mol. The van der Waals surface area contributed by atoms with Crippen molar-refractivity contribution in [1.82, 2.24) is 4.98 Å². The van der Waals surface area contributed by atoms with Crippen molar-refractivity contribution >= 4 is 5.97 Å². The normalized spacial score (nSPS) is 10.5. The van der Waals surface area contributed by atoms with Gasteiger partial charge in [-0.25, -0.2) is 9.78 Å². The second-order valence-corrected chi connectivity index (χ2v) is 4.37. The fraction of sp³-hybridized carbons (Fsp3) is 0.286. The minimum Gasteiger partial charge on any atom is -0.507 e. The number of phenolic OH excluding ortho intramolecular Hbond substituents is 1. The third-order valence-corrected chi connectivity index (χ3v) is 2.91. The van der Waals surface area contributed by atoms with Crippen LogP contribution in [0.4, 0.5) is 0 Å². The van der Waals surface area contributed by atoms with Gasteiger partial charge in [0.15, 0.2) is 5.69 Å². The van der Waals surface area contributed by atoms with Crippen LogP contribution in [-0.4, -0.2) is 23.2 Å². The van der Waals surface area contributed by atoms with Gasteiger partial charge < -0.3 is 14.3 Å². The van der Waals surface area contributed by atoms with E-state index in [0.717, 1.165) is 11.1 Å². The van der Waals surface area contributed by atoms with Gasteiger partial charge in [-0.1, -0.05) is 0 Å². The fourth-order valence-corrected chi connectivity index (χ4v) is 1.89. The van der Waals surface area contributed by atoms with E-state index in [9.17, 15) is 9.90 Å². The van der Waals surface area contributed by atoms with E-state index in [1.54, 1.807) is 32.9 Å². The van der Waals surface area contributed by atoms with Crippen molar-refractivity contribution < 1.29 is 19.1 Å². The Bertz CT molecular complexity index is 620. The Morgan fingerprint density at radius 3 is 2.37 bits per heavy atom. The van der Waals surface area contributed by atoms with Crippen LogP contribution in [0.15, 0.2) is 16.5 Å². The number of aryl methyl sites for hydroxylation is 3. The molecule has 0 aliphatic rings. The van der Waals surface area contributed by atoms with E-state index in [4.69, 9.17) is 4.42 Å². The fourth-order valence-electron chi connectivity index (χ4n) is 1.89. The molecular formula is C14H15NO4. The molecule has 1 aromatic heterocycles. The third-order valence-electron chi connectivity index (χ3n) is 2.91. The molecule has 0 bridgehead atoms. The van der Waals surface area contributed by atoms with Crippen LogP contribution in [0.3, 0.4) is 0 Å². The Kier molecular flexibility index (Phi) is 3.29. The van der Waals surface area contributed by atoms with E-state index in [-0.39, 0.29) is 11.4 Å². The molecule has 0 saturated carbocycles. The van der Waals surface area contributed by atoms with Gasteiger partial charge in [0, 0.05) is 5.56 Å². The maximum absolute atomic E-state index is 11.5. The summed E-state index contributed by atoms with van der Waals surface area (Å²) in [5, 5.41) is 9.74. The minimum absolute atomic E-state index is 0.167. The largest absolute Gasteiger partial charge is 0.507 e. The smallest absolute Gasteiger partial charge is 0.360 e. The SMILES string of the molecule is COC(=O)c1nc(-c2cc(C)c(O)c(C)c2)oc1C. The van der Waals surface area contributed by atoms with Gasteiger partial charge in [0.05, 0.1) is 7.11 Å². The second-order valence-electron chi connectivity index (χ2n) is 4.37. The van der Waals surface area contributed by atoms with Gasteiger partial charge in [-0.2, -0.15) is 0 Å². The number of carbonyl (C=O) groups excluding carboxylic acids is 1. The van der Waals surface area contributed by atoms with Crippen LogP contribution in [0.2, 0.25) is 0 Å². The highest BCUT2D eigenvalue weighted by Crippen LogP contribution is 2.29. The van der Waals surface area contributed by atoms with Crippen molar-refractivity contribution in [1.29, 1.82) is 0 Å². The molecule has 0 radical (unpaired) electrons. The van der Waals surface area contributed by atoms with Gasteiger partial charge in [0.25, 0.3) is 0 Å². The highest BCUT2D eigenvalue weighted by atomic mass is 16.5. The molecule has 0 aliphatic carbocycles. The van der Waals surface area contributed by atoms with Crippen molar-refractivity contribution in [3.63, 3.8) is 0 Å². The number of benzene rings is 1. The molecule has 0 spiro atoms. The number of ether oxygens (including phenoxy) is 1. The second kappa shape index (κ2) is 4.76. The van der Waals surface area contributed by atoms with Gasteiger partial charge in [-0.15, -0.1) is 0 Å². The number of aromatic nitrogens is 1. The molecule has 0 fully saturated rings. The maximum atomic E-state index is 11.5. The summed E-state index contributed by atoms with van der Waals surface area (Å²) >= 11 is 0. The van der Waals surface area contributed by atoms with Crippen molar-refractivity contribution in [2.45, 2.75) is 20.8 Å². The lowest BCUT2D eigenvalue weighted by Crippen LogP contribution is -2.03. The van der Waals surface area contributed by atoms with Crippen molar-refractivity contribution in [2.75, 3.05) is 7.11 Å². The molecule has 0 aliphatic heterocycles. The molecule has 5 heteroatoms. The maximum Gasteiger partial charge on any atom is 0.360 e. The molecule has 1 heterocycles. The molecule has 2 aromatic rings. The molecule has 2 rings (SSSR count). The van der Waals surface area contributed by atoms with E-state index in [2.05, 4.69) is 9.72 Å². The van der Waals surface area contributed by atoms with Crippen LogP contribution >= 0.6 is 0 Å². The average Bonchev–Trinajstić information content (AvgIpc) is 2.76. The Hall–Kier alpha value is -2.30. The van der Waals surface area contributed by atoms with E-state index in [0.29, 0.717) is 17.2 Å². The summed E-state index contributed by atoms with van der Waals surface area (Å²) in [5.41, 5.74) is 2.34. The average molecular weight is 261 g/mol. The first kappa shape index (κ1) is 13.1. The first-order chi connectivity index (χ1) is 8.93. The zero-order valence-electron chi connectivity index (χ0n) is 11.3. The van der Waals surface area contributed by atoms with E-state index in [1.807, 2.05) is 0 Å². The zero-order chi connectivity index (χ0) is 14.2. The Balaban J connectivity index is 2.51. The Labute approximate surface area is 110 Å². The predicted molar refractivity (Wildman–Crippen MR) is 69.2 cm³/mol. The zero-order valence-corrected chi connectivity index (χ0v) is 11.3. The third kappa shape index (κ3) is 2.31. The number of hydrogen-bond donors (Lipinski definition) is 1. The predicted octanol–water partition coefficient (Wildman–Crippen LogP) is 2.76. The lowest BCUT2D eigenvalue weighted by Gasteiger charge is -2.04. The Morgan fingerprint density at radius 1 is 1.26 bits per heavy atom. The first-order valence-electron chi connectivity index (χ1n) is 5.80. The van der Waals surface area contributed by atoms with Crippen LogP contribution in [0.5, 0.6) is 5.75 Å². The number of esters is 1. The van der Waals surface area contributed by atoms with Crippen molar-refractivity contribution in [3.8, 4) is 17.2 Å². The van der Waals surface area contributed by atoms with E-state index < -0.39 is 5.97 Å². The van der Waals surface area contributed by atoms with Crippen LogP contribution in [-0.2, 0) is 4.74 Å². The standard InChI is InChI=1S/C14H15NO4/c1-7-5-10(6-8(2)12(7)16)13-15-11(9(3)19-13)14(17)18-4/h5-6,16H,1-4H3.